The van der Waals surface area contributed by atoms with Gasteiger partial charge in [-0.1, -0.05) is 13.0 Å². The van der Waals surface area contributed by atoms with Gasteiger partial charge in [0.1, 0.15) is 5.82 Å². The van der Waals surface area contributed by atoms with E-state index in [1.165, 1.54) is 6.20 Å². The Morgan fingerprint density at radius 2 is 2.19 bits per heavy atom. The van der Waals surface area contributed by atoms with Gasteiger partial charge in [-0.3, -0.25) is 0 Å². The van der Waals surface area contributed by atoms with Crippen molar-refractivity contribution >= 4 is 5.82 Å². The third-order valence-electron chi connectivity index (χ3n) is 2.13. The summed E-state index contributed by atoms with van der Waals surface area (Å²) < 4.78 is 37.0. The van der Waals surface area contributed by atoms with Gasteiger partial charge >= 0.3 is 6.18 Å². The SMILES string of the molecule is CCNC(CC(F)(F)F)c1cccnc1N. The second-order valence-corrected chi connectivity index (χ2v) is 3.41. The zero-order chi connectivity index (χ0) is 12.2. The van der Waals surface area contributed by atoms with Crippen LogP contribution in [0.2, 0.25) is 0 Å². The second-order valence-electron chi connectivity index (χ2n) is 3.41. The van der Waals surface area contributed by atoms with Gasteiger partial charge in [-0.2, -0.15) is 13.2 Å². The van der Waals surface area contributed by atoms with Gasteiger partial charge in [0.2, 0.25) is 0 Å². The topological polar surface area (TPSA) is 50.9 Å². The third kappa shape index (κ3) is 3.69. The molecule has 3 N–H and O–H groups in total. The van der Waals surface area contributed by atoms with E-state index in [9.17, 15) is 13.2 Å². The average Bonchev–Trinajstić information content (AvgIpc) is 2.16. The van der Waals surface area contributed by atoms with Crippen LogP contribution in [0.4, 0.5) is 19.0 Å². The predicted octanol–water partition coefficient (Wildman–Crippen LogP) is 2.27. The van der Waals surface area contributed by atoms with Gasteiger partial charge in [0.25, 0.3) is 0 Å². The Kier molecular flexibility index (Phi) is 4.12. The van der Waals surface area contributed by atoms with Crippen LogP contribution < -0.4 is 11.1 Å². The molecule has 3 nitrogen and oxygen atoms in total. The minimum atomic E-state index is -4.23. The van der Waals surface area contributed by atoms with Crippen molar-refractivity contribution in [2.24, 2.45) is 0 Å². The fraction of sp³-hybridized carbons (Fsp3) is 0.500. The summed E-state index contributed by atoms with van der Waals surface area (Å²) in [6, 6.07) is 2.30. The normalized spacial score (nSPS) is 13.8. The molecule has 0 aliphatic heterocycles. The molecule has 0 amide bonds. The van der Waals surface area contributed by atoms with Crippen LogP contribution in [0, 0.1) is 0 Å². The van der Waals surface area contributed by atoms with Crippen molar-refractivity contribution in [1.29, 1.82) is 0 Å². The molecule has 0 radical (unpaired) electrons. The van der Waals surface area contributed by atoms with E-state index in [0.717, 1.165) is 0 Å². The van der Waals surface area contributed by atoms with E-state index in [-0.39, 0.29) is 5.82 Å². The smallest absolute Gasteiger partial charge is 0.383 e. The van der Waals surface area contributed by atoms with Crippen LogP contribution in [-0.4, -0.2) is 17.7 Å². The van der Waals surface area contributed by atoms with Crippen molar-refractivity contribution in [2.45, 2.75) is 25.6 Å². The third-order valence-corrected chi connectivity index (χ3v) is 2.13. The molecule has 0 fully saturated rings. The summed E-state index contributed by atoms with van der Waals surface area (Å²) in [4.78, 5) is 3.78. The Hall–Kier alpha value is -1.30. The Morgan fingerprint density at radius 1 is 1.50 bits per heavy atom. The summed E-state index contributed by atoms with van der Waals surface area (Å²) >= 11 is 0. The van der Waals surface area contributed by atoms with Crippen LogP contribution in [0.1, 0.15) is 24.9 Å². The molecule has 1 aromatic heterocycles. The highest BCUT2D eigenvalue weighted by atomic mass is 19.4. The lowest BCUT2D eigenvalue weighted by atomic mass is 10.0. The number of rotatable bonds is 4. The molecule has 90 valence electrons. The largest absolute Gasteiger partial charge is 0.390 e. The van der Waals surface area contributed by atoms with Gasteiger partial charge in [0, 0.05) is 17.8 Å². The van der Waals surface area contributed by atoms with E-state index in [1.54, 1.807) is 19.1 Å². The molecule has 0 spiro atoms. The summed E-state index contributed by atoms with van der Waals surface area (Å²) in [7, 11) is 0. The van der Waals surface area contributed by atoms with Crippen molar-refractivity contribution in [3.8, 4) is 0 Å². The van der Waals surface area contributed by atoms with Crippen molar-refractivity contribution in [2.75, 3.05) is 12.3 Å². The lowest BCUT2D eigenvalue weighted by molar-refractivity contribution is -0.140. The molecule has 1 heterocycles. The van der Waals surface area contributed by atoms with E-state index in [0.29, 0.717) is 12.1 Å². The number of anilines is 1. The zero-order valence-electron chi connectivity index (χ0n) is 8.88. The molecule has 16 heavy (non-hydrogen) atoms. The minimum Gasteiger partial charge on any atom is -0.383 e. The summed E-state index contributed by atoms with van der Waals surface area (Å²) in [5, 5.41) is 2.76. The zero-order valence-corrected chi connectivity index (χ0v) is 8.88. The van der Waals surface area contributed by atoms with Crippen molar-refractivity contribution in [1.82, 2.24) is 10.3 Å². The van der Waals surface area contributed by atoms with E-state index in [1.807, 2.05) is 0 Å². The number of alkyl halides is 3. The molecule has 0 saturated heterocycles. The molecule has 6 heteroatoms. The molecule has 1 unspecified atom stereocenters. The van der Waals surface area contributed by atoms with Gasteiger partial charge in [-0.15, -0.1) is 0 Å². The number of nitrogens with two attached hydrogens (primary N) is 1. The van der Waals surface area contributed by atoms with Crippen LogP contribution >= 0.6 is 0 Å². The van der Waals surface area contributed by atoms with Crippen LogP contribution in [0.3, 0.4) is 0 Å². The lowest BCUT2D eigenvalue weighted by Crippen LogP contribution is -2.27. The second kappa shape index (κ2) is 5.16. The van der Waals surface area contributed by atoms with Crippen molar-refractivity contribution < 1.29 is 13.2 Å². The maximum absolute atomic E-state index is 12.3. The Bertz CT molecular complexity index is 338. The quantitative estimate of drug-likeness (QED) is 0.838. The maximum Gasteiger partial charge on any atom is 0.390 e. The monoisotopic (exact) mass is 233 g/mol. The first-order valence-corrected chi connectivity index (χ1v) is 4.94. The first-order valence-electron chi connectivity index (χ1n) is 4.94. The van der Waals surface area contributed by atoms with Gasteiger partial charge in [0.15, 0.2) is 0 Å². The molecule has 1 atom stereocenters. The molecule has 0 saturated carbocycles. The molecule has 0 aliphatic carbocycles. The van der Waals surface area contributed by atoms with E-state index in [2.05, 4.69) is 10.3 Å². The van der Waals surface area contributed by atoms with Crippen LogP contribution in [0.5, 0.6) is 0 Å². The molecule has 0 aromatic carbocycles. The van der Waals surface area contributed by atoms with Crippen LogP contribution in [0.25, 0.3) is 0 Å². The highest BCUT2D eigenvalue weighted by molar-refractivity contribution is 5.40. The van der Waals surface area contributed by atoms with Gasteiger partial charge in [-0.25, -0.2) is 4.98 Å². The first-order chi connectivity index (χ1) is 7.44. The number of nitrogens with one attached hydrogen (secondary N) is 1. The molecular weight excluding hydrogens is 219 g/mol. The highest BCUT2D eigenvalue weighted by Crippen LogP contribution is 2.31. The Morgan fingerprint density at radius 3 is 2.69 bits per heavy atom. The average molecular weight is 233 g/mol. The number of hydrogen-bond acceptors (Lipinski definition) is 3. The summed E-state index contributed by atoms with van der Waals surface area (Å²) in [6.45, 7) is 2.19. The summed E-state index contributed by atoms with van der Waals surface area (Å²) in [5.41, 5.74) is 5.94. The minimum absolute atomic E-state index is 0.137. The fourth-order valence-corrected chi connectivity index (χ4v) is 1.49. The Balaban J connectivity index is 2.89. The van der Waals surface area contributed by atoms with E-state index in [4.69, 9.17) is 5.73 Å². The molecule has 0 bridgehead atoms. The number of pyridine rings is 1. The van der Waals surface area contributed by atoms with Crippen LogP contribution in [-0.2, 0) is 0 Å². The number of halogens is 3. The first kappa shape index (κ1) is 12.8. The predicted molar refractivity (Wildman–Crippen MR) is 55.7 cm³/mol. The Labute approximate surface area is 91.9 Å². The van der Waals surface area contributed by atoms with Crippen molar-refractivity contribution in [3.05, 3.63) is 23.9 Å². The molecule has 1 aromatic rings. The van der Waals surface area contributed by atoms with Gasteiger partial charge in [0.05, 0.1) is 6.42 Å². The van der Waals surface area contributed by atoms with E-state index >= 15 is 0 Å². The highest BCUT2D eigenvalue weighted by Gasteiger charge is 2.33. The maximum atomic E-state index is 12.3. The number of aromatic nitrogens is 1. The van der Waals surface area contributed by atoms with Crippen LogP contribution in [0.15, 0.2) is 18.3 Å². The van der Waals surface area contributed by atoms with E-state index < -0.39 is 18.6 Å². The summed E-state index contributed by atoms with van der Waals surface area (Å²) in [6.07, 6.45) is -3.72. The summed E-state index contributed by atoms with van der Waals surface area (Å²) in [5.74, 6) is 0.137. The number of nitrogens with zero attached hydrogens (tertiary/aromatic N) is 1. The standard InChI is InChI=1S/C10H14F3N3/c1-2-15-8(6-10(11,12)13)7-4-3-5-16-9(7)14/h3-5,8,15H,2,6H2,1H3,(H2,14,16). The van der Waals surface area contributed by atoms with Gasteiger partial charge in [-0.05, 0) is 12.6 Å². The number of nitrogen functional groups attached to an aromatic ring is 1. The molecule has 1 rings (SSSR count). The van der Waals surface area contributed by atoms with Gasteiger partial charge < -0.3 is 11.1 Å². The molecular formula is C10H14F3N3. The fourth-order valence-electron chi connectivity index (χ4n) is 1.49. The lowest BCUT2D eigenvalue weighted by Gasteiger charge is -2.20. The number of hydrogen-bond donors (Lipinski definition) is 2. The van der Waals surface area contributed by atoms with Crippen molar-refractivity contribution in [3.63, 3.8) is 0 Å². The molecule has 0 aliphatic rings.